The van der Waals surface area contributed by atoms with Gasteiger partial charge in [0.15, 0.2) is 5.78 Å². The van der Waals surface area contributed by atoms with Gasteiger partial charge in [0.25, 0.3) is 0 Å². The summed E-state index contributed by atoms with van der Waals surface area (Å²) in [5, 5.41) is 18.0. The largest absolute Gasteiger partial charge is 0.492 e. The number of benzene rings is 2. The molecule has 0 bridgehead atoms. The summed E-state index contributed by atoms with van der Waals surface area (Å²) >= 11 is 0. The Balaban J connectivity index is 1.47. The van der Waals surface area contributed by atoms with E-state index in [0.29, 0.717) is 11.1 Å². The van der Waals surface area contributed by atoms with Crippen molar-refractivity contribution in [3.63, 3.8) is 0 Å². The number of carbonyl (C=O) groups excluding carboxylic acids is 1. The number of aliphatic hydroxyl groups excluding tert-OH is 1. The Labute approximate surface area is 169 Å². The molecule has 1 heterocycles. The average molecular weight is 381 g/mol. The van der Waals surface area contributed by atoms with Crippen LogP contribution in [0, 0.1) is 0 Å². The predicted octanol–water partition coefficient (Wildman–Crippen LogP) is 5.39. The summed E-state index contributed by atoms with van der Waals surface area (Å²) < 4.78 is 0. The smallest absolute Gasteiger partial charge is 0.238 e. The molecule has 5 nitrogen and oxygen atoms in total. The number of hydrogen-bond donors (Lipinski definition) is 1. The van der Waals surface area contributed by atoms with Crippen LogP contribution in [-0.4, -0.2) is 15.8 Å². The van der Waals surface area contributed by atoms with Crippen molar-refractivity contribution in [1.29, 1.82) is 0 Å². The first-order chi connectivity index (χ1) is 14.2. The van der Waals surface area contributed by atoms with Crippen LogP contribution in [-0.2, 0) is 11.3 Å². The van der Waals surface area contributed by atoms with Crippen LogP contribution in [0.25, 0.3) is 11.6 Å². The van der Waals surface area contributed by atoms with Gasteiger partial charge in [0.2, 0.25) is 5.88 Å². The molecule has 0 saturated carbocycles. The van der Waals surface area contributed by atoms with Crippen molar-refractivity contribution < 1.29 is 9.90 Å². The summed E-state index contributed by atoms with van der Waals surface area (Å²) in [6.07, 6.45) is 12.0. The van der Waals surface area contributed by atoms with Gasteiger partial charge in [-0.3, -0.25) is 4.79 Å². The maximum Gasteiger partial charge on any atom is 0.238 e. The molecular formula is C24H19N3O2. The Kier molecular flexibility index (Phi) is 5.29. The van der Waals surface area contributed by atoms with Gasteiger partial charge >= 0.3 is 0 Å². The van der Waals surface area contributed by atoms with Crippen molar-refractivity contribution in [2.75, 3.05) is 0 Å². The standard InChI is InChI=1S/C24H19N3O2/c28-23-11-10-19-8-4-5-9-21(19)22(23)16-25-26-24(29)20-12-14-27(15-13-20)17-18-6-2-1-3-7-18/h1-16,29H,17H2/b22-16+,26-25?. The Bertz CT molecular complexity index is 1090. The SMILES string of the molecule is O=C1C=Cc2ccccc2/C1=C\N=NC(O)=C1C=CN(Cc2ccccc2)C=C1. The predicted molar refractivity (Wildman–Crippen MR) is 113 cm³/mol. The fraction of sp³-hybridized carbons (Fsp3) is 0.0417. The van der Waals surface area contributed by atoms with E-state index in [0.717, 1.165) is 17.7 Å². The molecular weight excluding hydrogens is 362 g/mol. The van der Waals surface area contributed by atoms with Crippen LogP contribution in [0.5, 0.6) is 0 Å². The highest BCUT2D eigenvalue weighted by Gasteiger charge is 2.16. The molecule has 0 aromatic heterocycles. The third kappa shape index (κ3) is 4.30. The van der Waals surface area contributed by atoms with Crippen molar-refractivity contribution >= 4 is 17.4 Å². The first-order valence-corrected chi connectivity index (χ1v) is 9.23. The fourth-order valence-corrected chi connectivity index (χ4v) is 3.11. The first-order valence-electron chi connectivity index (χ1n) is 9.23. The van der Waals surface area contributed by atoms with Gasteiger partial charge in [0.05, 0.1) is 6.20 Å². The molecule has 142 valence electrons. The molecule has 5 heteroatoms. The van der Waals surface area contributed by atoms with Crippen molar-refractivity contribution in [2.24, 2.45) is 10.2 Å². The molecule has 1 N–H and O–H groups in total. The number of ketones is 1. The quantitative estimate of drug-likeness (QED) is 0.439. The lowest BCUT2D eigenvalue weighted by molar-refractivity contribution is -0.109. The van der Waals surface area contributed by atoms with E-state index in [1.165, 1.54) is 17.8 Å². The molecule has 2 aromatic carbocycles. The average Bonchev–Trinajstić information content (AvgIpc) is 2.76. The van der Waals surface area contributed by atoms with Gasteiger partial charge in [-0.05, 0) is 34.9 Å². The highest BCUT2D eigenvalue weighted by molar-refractivity contribution is 6.29. The van der Waals surface area contributed by atoms with Crippen molar-refractivity contribution in [1.82, 2.24) is 4.90 Å². The van der Waals surface area contributed by atoms with E-state index < -0.39 is 0 Å². The molecule has 0 fully saturated rings. The van der Waals surface area contributed by atoms with E-state index in [4.69, 9.17) is 0 Å². The van der Waals surface area contributed by atoms with E-state index in [1.54, 1.807) is 18.2 Å². The van der Waals surface area contributed by atoms with Gasteiger partial charge in [0, 0.05) is 30.1 Å². The monoisotopic (exact) mass is 381 g/mol. The lowest BCUT2D eigenvalue weighted by Crippen LogP contribution is -2.11. The Morgan fingerprint density at radius 1 is 0.931 bits per heavy atom. The van der Waals surface area contributed by atoms with Crippen LogP contribution in [0.1, 0.15) is 16.7 Å². The lowest BCUT2D eigenvalue weighted by atomic mass is 9.92. The van der Waals surface area contributed by atoms with Gasteiger partial charge in [-0.1, -0.05) is 60.7 Å². The summed E-state index contributed by atoms with van der Waals surface area (Å²) in [6, 6.07) is 17.7. The maximum absolute atomic E-state index is 12.2. The van der Waals surface area contributed by atoms with E-state index >= 15 is 0 Å². The number of hydrogen-bond acceptors (Lipinski definition) is 5. The fourth-order valence-electron chi connectivity index (χ4n) is 3.11. The zero-order valence-corrected chi connectivity index (χ0v) is 15.6. The second-order valence-electron chi connectivity index (χ2n) is 6.61. The zero-order chi connectivity index (χ0) is 20.1. The Morgan fingerprint density at radius 2 is 1.66 bits per heavy atom. The topological polar surface area (TPSA) is 65.3 Å². The minimum absolute atomic E-state index is 0.135. The van der Waals surface area contributed by atoms with Crippen LogP contribution in [0.2, 0.25) is 0 Å². The number of nitrogens with zero attached hydrogens (tertiary/aromatic N) is 3. The summed E-state index contributed by atoms with van der Waals surface area (Å²) in [7, 11) is 0. The summed E-state index contributed by atoms with van der Waals surface area (Å²) in [5.74, 6) is -0.343. The van der Waals surface area contributed by atoms with Gasteiger partial charge in [-0.25, -0.2) is 0 Å². The zero-order valence-electron chi connectivity index (χ0n) is 15.6. The van der Waals surface area contributed by atoms with Crippen LogP contribution in [0.15, 0.2) is 113 Å². The summed E-state index contributed by atoms with van der Waals surface area (Å²) in [6.45, 7) is 0.741. The highest BCUT2D eigenvalue weighted by atomic mass is 16.3. The molecule has 0 amide bonds. The molecule has 0 saturated heterocycles. The van der Waals surface area contributed by atoms with Crippen LogP contribution >= 0.6 is 0 Å². The van der Waals surface area contributed by atoms with Gasteiger partial charge in [-0.15, -0.1) is 5.11 Å². The van der Waals surface area contributed by atoms with Gasteiger partial charge < -0.3 is 10.0 Å². The molecule has 2 aliphatic rings. The maximum atomic E-state index is 12.2. The summed E-state index contributed by atoms with van der Waals surface area (Å²) in [5.41, 5.74) is 3.95. The Morgan fingerprint density at radius 3 is 2.45 bits per heavy atom. The number of aliphatic hydroxyl groups is 1. The summed E-state index contributed by atoms with van der Waals surface area (Å²) in [4.78, 5) is 14.2. The van der Waals surface area contributed by atoms with Gasteiger partial charge in [0.1, 0.15) is 0 Å². The third-order valence-corrected chi connectivity index (χ3v) is 4.63. The molecule has 2 aromatic rings. The molecule has 0 spiro atoms. The van der Waals surface area contributed by atoms with E-state index in [-0.39, 0.29) is 11.7 Å². The van der Waals surface area contributed by atoms with Crippen LogP contribution in [0.3, 0.4) is 0 Å². The minimum atomic E-state index is -0.208. The van der Waals surface area contributed by atoms with E-state index in [1.807, 2.05) is 59.8 Å². The highest BCUT2D eigenvalue weighted by Crippen LogP contribution is 2.26. The van der Waals surface area contributed by atoms with Gasteiger partial charge in [-0.2, -0.15) is 5.11 Å². The number of rotatable bonds is 4. The number of allylic oxidation sites excluding steroid dienone is 5. The second-order valence-corrected chi connectivity index (χ2v) is 6.61. The third-order valence-electron chi connectivity index (χ3n) is 4.63. The van der Waals surface area contributed by atoms with E-state index in [9.17, 15) is 9.90 Å². The number of carbonyl (C=O) groups is 1. The molecule has 0 radical (unpaired) electrons. The first kappa shape index (κ1) is 18.4. The van der Waals surface area contributed by atoms with E-state index in [2.05, 4.69) is 22.4 Å². The molecule has 29 heavy (non-hydrogen) atoms. The number of azo groups is 1. The normalized spacial score (nSPS) is 16.7. The van der Waals surface area contributed by atoms with Crippen molar-refractivity contribution in [3.8, 4) is 0 Å². The van der Waals surface area contributed by atoms with Crippen molar-refractivity contribution in [2.45, 2.75) is 6.54 Å². The van der Waals surface area contributed by atoms with Crippen LogP contribution < -0.4 is 0 Å². The molecule has 0 unspecified atom stereocenters. The number of fused-ring (bicyclic) bond motifs is 1. The molecule has 4 rings (SSSR count). The second kappa shape index (κ2) is 8.35. The minimum Gasteiger partial charge on any atom is -0.492 e. The molecule has 1 aliphatic carbocycles. The Hall–Kier alpha value is -3.99. The lowest BCUT2D eigenvalue weighted by Gasteiger charge is -2.18. The van der Waals surface area contributed by atoms with Crippen molar-refractivity contribution in [3.05, 3.63) is 120 Å². The molecule has 0 atom stereocenters. The van der Waals surface area contributed by atoms with Crippen LogP contribution in [0.4, 0.5) is 0 Å². The molecule has 1 aliphatic heterocycles.